The lowest BCUT2D eigenvalue weighted by Gasteiger charge is -2.08. The standard InChI is InChI=1S/C15H23NO4/c1-13-5-3-6-14(11-13)20-12-15(17)16-7-4-8-19-10-9-18-2/h3,5-6,11H,4,7-10,12H2,1-2H3,(H,16,17). The molecule has 1 rings (SSSR count). The molecular formula is C15H23NO4. The summed E-state index contributed by atoms with van der Waals surface area (Å²) in [5.74, 6) is 0.589. The van der Waals surface area contributed by atoms with Crippen LogP contribution in [0.15, 0.2) is 24.3 Å². The van der Waals surface area contributed by atoms with Gasteiger partial charge in [-0.1, -0.05) is 12.1 Å². The van der Waals surface area contributed by atoms with Crippen molar-refractivity contribution in [2.75, 3.05) is 40.1 Å². The highest BCUT2D eigenvalue weighted by Gasteiger charge is 2.02. The van der Waals surface area contributed by atoms with Gasteiger partial charge in [0.15, 0.2) is 6.61 Å². The van der Waals surface area contributed by atoms with E-state index in [9.17, 15) is 4.79 Å². The van der Waals surface area contributed by atoms with Gasteiger partial charge in [0, 0.05) is 20.3 Å². The quantitative estimate of drug-likeness (QED) is 0.661. The second-order valence-corrected chi connectivity index (χ2v) is 4.41. The number of ether oxygens (including phenoxy) is 3. The number of methoxy groups -OCH3 is 1. The van der Waals surface area contributed by atoms with Gasteiger partial charge in [0.2, 0.25) is 0 Å². The molecule has 1 amide bonds. The van der Waals surface area contributed by atoms with Crippen molar-refractivity contribution in [1.82, 2.24) is 5.32 Å². The van der Waals surface area contributed by atoms with E-state index >= 15 is 0 Å². The van der Waals surface area contributed by atoms with Gasteiger partial charge in [0.05, 0.1) is 13.2 Å². The largest absolute Gasteiger partial charge is 0.484 e. The molecule has 1 aromatic rings. The highest BCUT2D eigenvalue weighted by atomic mass is 16.5. The van der Waals surface area contributed by atoms with Crippen molar-refractivity contribution in [3.63, 3.8) is 0 Å². The average Bonchev–Trinajstić information content (AvgIpc) is 2.44. The fraction of sp³-hybridized carbons (Fsp3) is 0.533. The van der Waals surface area contributed by atoms with Crippen LogP contribution in [0.3, 0.4) is 0 Å². The first-order valence-corrected chi connectivity index (χ1v) is 6.75. The lowest BCUT2D eigenvalue weighted by Crippen LogP contribution is -2.30. The monoisotopic (exact) mass is 281 g/mol. The van der Waals surface area contributed by atoms with Crippen molar-refractivity contribution in [2.45, 2.75) is 13.3 Å². The second kappa shape index (κ2) is 10.2. The third kappa shape index (κ3) is 7.76. The zero-order valence-corrected chi connectivity index (χ0v) is 12.2. The van der Waals surface area contributed by atoms with Crippen LogP contribution in [0.4, 0.5) is 0 Å². The normalized spacial score (nSPS) is 10.3. The van der Waals surface area contributed by atoms with Crippen molar-refractivity contribution in [1.29, 1.82) is 0 Å². The van der Waals surface area contributed by atoms with Crippen molar-refractivity contribution in [3.05, 3.63) is 29.8 Å². The van der Waals surface area contributed by atoms with E-state index in [0.717, 1.165) is 12.0 Å². The molecule has 0 spiro atoms. The van der Waals surface area contributed by atoms with Crippen LogP contribution in [0.5, 0.6) is 5.75 Å². The molecule has 20 heavy (non-hydrogen) atoms. The summed E-state index contributed by atoms with van der Waals surface area (Å²) in [7, 11) is 1.64. The Labute approximate surface area is 120 Å². The first kappa shape index (κ1) is 16.5. The van der Waals surface area contributed by atoms with E-state index in [2.05, 4.69) is 5.32 Å². The van der Waals surface area contributed by atoms with Gasteiger partial charge in [-0.15, -0.1) is 0 Å². The maximum Gasteiger partial charge on any atom is 0.257 e. The lowest BCUT2D eigenvalue weighted by atomic mass is 10.2. The SMILES string of the molecule is COCCOCCCNC(=O)COc1cccc(C)c1. The highest BCUT2D eigenvalue weighted by Crippen LogP contribution is 2.11. The zero-order chi connectivity index (χ0) is 14.6. The minimum atomic E-state index is -0.122. The van der Waals surface area contributed by atoms with E-state index in [0.29, 0.717) is 32.1 Å². The molecular weight excluding hydrogens is 258 g/mol. The number of rotatable bonds is 10. The van der Waals surface area contributed by atoms with Gasteiger partial charge >= 0.3 is 0 Å². The molecule has 0 saturated heterocycles. The fourth-order valence-corrected chi connectivity index (χ4v) is 1.55. The van der Waals surface area contributed by atoms with Crippen molar-refractivity contribution < 1.29 is 19.0 Å². The van der Waals surface area contributed by atoms with Gasteiger partial charge < -0.3 is 19.5 Å². The van der Waals surface area contributed by atoms with Crippen LogP contribution in [0.25, 0.3) is 0 Å². The Morgan fingerprint density at radius 1 is 1.25 bits per heavy atom. The van der Waals surface area contributed by atoms with Crippen LogP contribution in [-0.2, 0) is 14.3 Å². The van der Waals surface area contributed by atoms with Gasteiger partial charge in [0.25, 0.3) is 5.91 Å². The maximum absolute atomic E-state index is 11.5. The third-order valence-corrected chi connectivity index (χ3v) is 2.58. The molecule has 0 aromatic heterocycles. The second-order valence-electron chi connectivity index (χ2n) is 4.41. The summed E-state index contributed by atoms with van der Waals surface area (Å²) >= 11 is 0. The van der Waals surface area contributed by atoms with Crippen LogP contribution < -0.4 is 10.1 Å². The Bertz CT molecular complexity index is 395. The summed E-state index contributed by atoms with van der Waals surface area (Å²) < 4.78 is 15.5. The third-order valence-electron chi connectivity index (χ3n) is 2.58. The molecule has 1 N–H and O–H groups in total. The predicted octanol–water partition coefficient (Wildman–Crippen LogP) is 1.54. The summed E-state index contributed by atoms with van der Waals surface area (Å²) in [6.45, 7) is 4.40. The maximum atomic E-state index is 11.5. The topological polar surface area (TPSA) is 56.8 Å². The van der Waals surface area contributed by atoms with Crippen LogP contribution in [0, 0.1) is 6.92 Å². The zero-order valence-electron chi connectivity index (χ0n) is 12.2. The Morgan fingerprint density at radius 3 is 2.85 bits per heavy atom. The highest BCUT2D eigenvalue weighted by molar-refractivity contribution is 5.77. The predicted molar refractivity (Wildman–Crippen MR) is 77.0 cm³/mol. The summed E-state index contributed by atoms with van der Waals surface area (Å²) in [4.78, 5) is 11.5. The van der Waals surface area contributed by atoms with E-state index in [-0.39, 0.29) is 12.5 Å². The van der Waals surface area contributed by atoms with Crippen molar-refractivity contribution >= 4 is 5.91 Å². The van der Waals surface area contributed by atoms with Crippen LogP contribution in [-0.4, -0.2) is 46.0 Å². The lowest BCUT2D eigenvalue weighted by molar-refractivity contribution is -0.123. The molecule has 0 saturated carbocycles. The molecule has 0 atom stereocenters. The number of carbonyl (C=O) groups excluding carboxylic acids is 1. The molecule has 0 bridgehead atoms. The molecule has 0 unspecified atom stereocenters. The van der Waals surface area contributed by atoms with Crippen molar-refractivity contribution in [3.8, 4) is 5.75 Å². The molecule has 1 aromatic carbocycles. The molecule has 5 heteroatoms. The van der Waals surface area contributed by atoms with Gasteiger partial charge in [-0.3, -0.25) is 4.79 Å². The Hall–Kier alpha value is -1.59. The summed E-state index contributed by atoms with van der Waals surface area (Å²) in [5.41, 5.74) is 1.11. The Morgan fingerprint density at radius 2 is 2.10 bits per heavy atom. The first-order chi connectivity index (χ1) is 9.72. The van der Waals surface area contributed by atoms with Crippen molar-refractivity contribution in [2.24, 2.45) is 0 Å². The smallest absolute Gasteiger partial charge is 0.257 e. The van der Waals surface area contributed by atoms with Gasteiger partial charge in [-0.25, -0.2) is 0 Å². The molecule has 112 valence electrons. The van der Waals surface area contributed by atoms with Crippen LogP contribution >= 0.6 is 0 Å². The summed E-state index contributed by atoms with van der Waals surface area (Å²) in [6, 6.07) is 7.62. The number of hydrogen-bond donors (Lipinski definition) is 1. The van der Waals surface area contributed by atoms with Crippen LogP contribution in [0.2, 0.25) is 0 Å². The van der Waals surface area contributed by atoms with Gasteiger partial charge in [0.1, 0.15) is 5.75 Å². The van der Waals surface area contributed by atoms with E-state index in [4.69, 9.17) is 14.2 Å². The Balaban J connectivity index is 2.03. The van der Waals surface area contributed by atoms with E-state index < -0.39 is 0 Å². The first-order valence-electron chi connectivity index (χ1n) is 6.75. The van der Waals surface area contributed by atoms with Crippen LogP contribution in [0.1, 0.15) is 12.0 Å². The number of carbonyl (C=O) groups is 1. The van der Waals surface area contributed by atoms with E-state index in [1.165, 1.54) is 0 Å². The molecule has 0 heterocycles. The average molecular weight is 281 g/mol. The molecule has 0 fully saturated rings. The number of amides is 1. The number of benzene rings is 1. The van der Waals surface area contributed by atoms with E-state index in [1.54, 1.807) is 7.11 Å². The molecule has 0 aliphatic carbocycles. The van der Waals surface area contributed by atoms with Gasteiger partial charge in [-0.05, 0) is 31.0 Å². The number of hydrogen-bond acceptors (Lipinski definition) is 4. The Kier molecular flexibility index (Phi) is 8.42. The number of aryl methyl sites for hydroxylation is 1. The fourth-order valence-electron chi connectivity index (χ4n) is 1.55. The molecule has 5 nitrogen and oxygen atoms in total. The minimum Gasteiger partial charge on any atom is -0.484 e. The van der Waals surface area contributed by atoms with E-state index in [1.807, 2.05) is 31.2 Å². The minimum absolute atomic E-state index is 0.0357. The molecule has 0 aliphatic heterocycles. The number of nitrogens with one attached hydrogen (secondary N) is 1. The summed E-state index contributed by atoms with van der Waals surface area (Å²) in [6.07, 6.45) is 0.778. The summed E-state index contributed by atoms with van der Waals surface area (Å²) in [5, 5.41) is 2.78. The molecule has 0 aliphatic rings. The van der Waals surface area contributed by atoms with Gasteiger partial charge in [-0.2, -0.15) is 0 Å². The molecule has 0 radical (unpaired) electrons.